The number of carboxylic acid groups (broad SMARTS) is 1. The molecule has 0 saturated carbocycles. The predicted molar refractivity (Wildman–Crippen MR) is 463 cm³/mol. The van der Waals surface area contributed by atoms with Crippen LogP contribution in [0.3, 0.4) is 0 Å². The predicted octanol–water partition coefficient (Wildman–Crippen LogP) is 5.58. The minimum absolute atomic E-state index is 0.0837. The van der Waals surface area contributed by atoms with E-state index in [1.165, 1.54) is 75.5 Å². The number of aromatic hydroxyl groups is 3. The van der Waals surface area contributed by atoms with Gasteiger partial charge in [-0.15, -0.1) is 0 Å². The zero-order chi connectivity index (χ0) is 92.3. The summed E-state index contributed by atoms with van der Waals surface area (Å²) in [4.78, 5) is 120. The second-order valence-electron chi connectivity index (χ2n) is 34.5. The fourth-order valence-electron chi connectivity index (χ4n) is 16.0. The summed E-state index contributed by atoms with van der Waals surface area (Å²) in [6.07, 6.45) is -10.8. The molecule has 7 aliphatic heterocycles. The van der Waals surface area contributed by atoms with E-state index in [4.69, 9.17) is 71.6 Å². The third-order valence-electron chi connectivity index (χ3n) is 23.1. The van der Waals surface area contributed by atoms with Crippen molar-refractivity contribution >= 4 is 70.3 Å². The van der Waals surface area contributed by atoms with Crippen molar-refractivity contribution in [3.63, 3.8) is 0 Å². The normalized spacial score (nSPS) is 25.5. The van der Waals surface area contributed by atoms with Gasteiger partial charge < -0.3 is 141 Å². The van der Waals surface area contributed by atoms with Crippen molar-refractivity contribution < 1.29 is 131 Å². The summed E-state index contributed by atoms with van der Waals surface area (Å²) in [5.74, 6) is -18.6. The zero-order valence-electron chi connectivity index (χ0n) is 73.0. The maximum atomic E-state index is 16.5. The Morgan fingerprint density at radius 1 is 0.709 bits per heavy atom. The number of fused-ring (bicyclic) bond motifs is 15. The number of nitrogens with zero attached hydrogens (tertiary/aromatic N) is 1. The van der Waals surface area contributed by atoms with Gasteiger partial charge in [0.15, 0.2) is 41.5 Å². The van der Waals surface area contributed by atoms with Gasteiger partial charge in [-0.1, -0.05) is 101 Å². The van der Waals surface area contributed by atoms with Crippen LogP contribution in [0.5, 0.6) is 51.7 Å². The van der Waals surface area contributed by atoms with Crippen molar-refractivity contribution in [2.75, 3.05) is 93.9 Å². The maximum absolute atomic E-state index is 16.5. The minimum atomic E-state index is -2.31. The van der Waals surface area contributed by atoms with E-state index in [9.17, 15) is 60.3 Å². The molecule has 7 heterocycles. The SMILES string of the molecule is CCCCCCCCCCNCCNC1(C)CC(OC2C(Oc3c4cc5cc3Oc3ccc(cc3Cl)[C@@H](O)[C@@H](NC(=O)[C@@H](CC(C)C)NC)C(=O)C[C@@H](CC(N)=O)C(=O)N[C@H]5C(=O)C[C@H]3C(=O)N[C@@H](Oc5ccc(c(Cl)c5)O4)C(=O)N[C@H](C(=O)O)c4cc(O)c(CNCCOCCOCC[N+](C)(C)C)c(O)c4-c4cc3ccc4O)OC(CO)C(O)C2O)OC(C)C1O. The van der Waals surface area contributed by atoms with Crippen LogP contribution in [-0.4, -0.2) is 265 Å². The number of hydrogen-bond acceptors (Lipinski definition) is 29. The van der Waals surface area contributed by atoms with Gasteiger partial charge in [0.2, 0.25) is 35.7 Å². The lowest BCUT2D eigenvalue weighted by Crippen LogP contribution is -2.65. The van der Waals surface area contributed by atoms with Crippen molar-refractivity contribution in [1.29, 1.82) is 0 Å². The molecule has 9 unspecified atom stereocenters. The van der Waals surface area contributed by atoms with E-state index in [-0.39, 0.29) is 94.6 Å². The van der Waals surface area contributed by atoms with Gasteiger partial charge in [0.25, 0.3) is 12.1 Å². The molecule has 19 N–H and O–H groups in total. The molecule has 38 heteroatoms. The fourth-order valence-corrected chi connectivity index (χ4v) is 16.4. The molecular weight excluding hydrogens is 1700 g/mol. The summed E-state index contributed by atoms with van der Waals surface area (Å²) in [5.41, 5.74) is 2.40. The molecular formula is C89H123Cl2N10O26+. The van der Waals surface area contributed by atoms with Crippen LogP contribution >= 0.6 is 23.2 Å². The van der Waals surface area contributed by atoms with E-state index in [1.807, 2.05) is 35.0 Å². The number of unbranched alkanes of at least 4 members (excludes halogenated alkanes) is 7. The van der Waals surface area contributed by atoms with E-state index < -0.39 is 227 Å². The van der Waals surface area contributed by atoms with Crippen LogP contribution in [0.25, 0.3) is 11.1 Å². The molecule has 12 rings (SSSR count). The van der Waals surface area contributed by atoms with E-state index in [1.54, 1.807) is 13.8 Å². The van der Waals surface area contributed by atoms with Crippen molar-refractivity contribution in [1.82, 2.24) is 42.5 Å². The van der Waals surface area contributed by atoms with Crippen molar-refractivity contribution in [3.05, 3.63) is 111 Å². The summed E-state index contributed by atoms with van der Waals surface area (Å²) >= 11 is 14.4. The van der Waals surface area contributed by atoms with E-state index >= 15 is 24.0 Å². The molecule has 0 radical (unpaired) electrons. The summed E-state index contributed by atoms with van der Waals surface area (Å²) in [6.45, 7) is 11.7. The van der Waals surface area contributed by atoms with Crippen LogP contribution in [0.1, 0.15) is 170 Å². The van der Waals surface area contributed by atoms with Crippen LogP contribution in [0.15, 0.2) is 72.8 Å². The van der Waals surface area contributed by atoms with Crippen LogP contribution in [0, 0.1) is 11.8 Å². The fraction of sp³-hybridized carbons (Fsp3) is 0.573. The number of Topliss-reactive ketones (excluding diaryl/α,β-unsaturated/α-hetero) is 2. The third kappa shape index (κ3) is 26.3. The lowest BCUT2D eigenvalue weighted by Gasteiger charge is -2.48. The first-order chi connectivity index (χ1) is 60.4. The minimum Gasteiger partial charge on any atom is -0.507 e. The van der Waals surface area contributed by atoms with Gasteiger partial charge in [0.05, 0.1) is 99.9 Å². The number of nitrogens with two attached hydrogens (primary N) is 1. The Balaban J connectivity index is 1.13. The number of carboxylic acids is 1. The molecule has 17 atom stereocenters. The number of carbonyl (C=O) groups excluding carboxylic acids is 7. The highest BCUT2D eigenvalue weighted by Gasteiger charge is 2.52. The number of aliphatic carboxylic acids is 1. The second-order valence-corrected chi connectivity index (χ2v) is 35.3. The van der Waals surface area contributed by atoms with Crippen LogP contribution in [-0.2, 0) is 68.6 Å². The van der Waals surface area contributed by atoms with Crippen LogP contribution in [0.2, 0.25) is 10.0 Å². The number of phenols is 3. The Labute approximate surface area is 747 Å². The van der Waals surface area contributed by atoms with Crippen molar-refractivity contribution in [2.45, 2.75) is 222 Å². The Morgan fingerprint density at radius 3 is 2.02 bits per heavy atom. The van der Waals surface area contributed by atoms with Crippen LogP contribution in [0.4, 0.5) is 0 Å². The first-order valence-electron chi connectivity index (χ1n) is 43.2. The molecule has 2 saturated heterocycles. The van der Waals surface area contributed by atoms with Gasteiger partial charge in [0.1, 0.15) is 77.5 Å². The van der Waals surface area contributed by atoms with Gasteiger partial charge in [-0.05, 0) is 117 Å². The Morgan fingerprint density at radius 2 is 1.38 bits per heavy atom. The number of carbonyl (C=O) groups is 8. The standard InChI is InChI=1S/C89H122Cl2N10O26/c1-10-11-12-13-14-15-16-17-24-94-25-26-96-89(5)43-70(121-47(4)81(89)112)126-80-78(111)77(110)68(45-102)125-88(80)127-79-66-37-50-38-67(79)124-65-23-20-52(40-58(65)91)122-86-85(116)98-73(87(117)118)55-42-61(104)56(44-95-27-29-119-31-32-120-30-28-101(7,8)9)76(109)71(55)54-34-48(18-21-60(54)103)53(83(114)100-86)41-63(106)72(50)97-82(113)51(39-69(92)107)36-62(105)74(99-84(115)59(93-6)33-46(2)3)75(108)49-19-22-64(123-66)57(90)35-49/h18-23,34-35,37-38,40,42,46-47,51,53,59,68,70,72-75,77-78,80-81,86,88,93-96,102,108,110-112H,10-17,24-33,36,39,41,43-45H2,1-9H3,(H9-,92,97,98,99,100,103,104,107,109,113,114,115,116,117,118)/p+1/t47?,51-,53+,59+,68?,70?,72+,73-,74-,75+,77?,78?,80?,81?,86-,88?,89?/m0/s1. The molecule has 0 spiro atoms. The number of rotatable bonds is 37. The van der Waals surface area contributed by atoms with Crippen LogP contribution < -0.4 is 67.2 Å². The number of likely N-dealkylation sites (N-methyl/N-ethyl adjacent to an activating group) is 2. The van der Waals surface area contributed by atoms with E-state index in [2.05, 4.69) is 49.5 Å². The number of ketones is 2. The van der Waals surface area contributed by atoms with Gasteiger partial charge in [-0.25, -0.2) is 4.79 Å². The number of aliphatic hydroxyl groups is 5. The highest BCUT2D eigenvalue weighted by atomic mass is 35.5. The Kier molecular flexibility index (Phi) is 36.1. The number of amides is 5. The molecule has 11 bridgehead atoms. The maximum Gasteiger partial charge on any atom is 0.330 e. The molecule has 5 aromatic carbocycles. The molecule has 127 heavy (non-hydrogen) atoms. The third-order valence-corrected chi connectivity index (χ3v) is 23.7. The first-order valence-corrected chi connectivity index (χ1v) is 43.9. The molecule has 2 fully saturated rings. The zero-order valence-corrected chi connectivity index (χ0v) is 74.5. The monoisotopic (exact) mass is 1820 g/mol. The number of primary amides is 1. The van der Waals surface area contributed by atoms with Gasteiger partial charge >= 0.3 is 5.97 Å². The number of nitrogens with one attached hydrogen (secondary N) is 8. The second kappa shape index (κ2) is 45.9. The molecule has 0 aliphatic carbocycles. The molecule has 698 valence electrons. The van der Waals surface area contributed by atoms with Gasteiger partial charge in [-0.3, -0.25) is 33.6 Å². The summed E-state index contributed by atoms with van der Waals surface area (Å²) < 4.78 is 58.2. The molecule has 36 nitrogen and oxygen atoms in total. The Bertz CT molecular complexity index is 4660. The lowest BCUT2D eigenvalue weighted by molar-refractivity contribution is -0.870. The number of aliphatic hydroxyl groups excluding tert-OH is 5. The summed E-state index contributed by atoms with van der Waals surface area (Å²) in [7, 11) is 7.59. The molecule has 7 aliphatic rings. The largest absolute Gasteiger partial charge is 0.507 e. The smallest absolute Gasteiger partial charge is 0.330 e. The molecule has 0 aromatic heterocycles. The van der Waals surface area contributed by atoms with Crippen molar-refractivity contribution in [2.24, 2.45) is 17.6 Å². The number of phenolic OH excluding ortho intramolecular Hbond substituents is 3. The lowest BCUT2D eigenvalue weighted by atomic mass is 9.84. The molecule has 5 aromatic rings. The summed E-state index contributed by atoms with van der Waals surface area (Å²) in [5, 5.41) is 129. The highest BCUT2D eigenvalue weighted by Crippen LogP contribution is 2.51. The van der Waals surface area contributed by atoms with Gasteiger partial charge in [-0.2, -0.15) is 0 Å². The average Bonchev–Trinajstić information content (AvgIpc) is 0.756. The molecule has 5 amide bonds. The number of ether oxygens (including phenoxy) is 9. The van der Waals surface area contributed by atoms with Crippen molar-refractivity contribution in [3.8, 4) is 62.9 Å². The average molecular weight is 1820 g/mol. The number of hydrogen-bond donors (Lipinski definition) is 18. The number of benzene rings is 5. The van der Waals surface area contributed by atoms with Gasteiger partial charge in [0, 0.05) is 80.2 Å². The number of halogens is 2. The summed E-state index contributed by atoms with van der Waals surface area (Å²) in [6, 6.07) is 6.51. The van der Waals surface area contributed by atoms with E-state index in [0.717, 1.165) is 68.8 Å². The topological polar surface area (TPSA) is 524 Å². The quantitative estimate of drug-likeness (QED) is 0.0170. The number of quaternary nitrogens is 1. The highest BCUT2D eigenvalue weighted by molar-refractivity contribution is 6.32. The first kappa shape index (κ1) is 100.0. The van der Waals surface area contributed by atoms with E-state index in [0.29, 0.717) is 30.8 Å². The Hall–Kier alpha value is -9.16.